The highest BCUT2D eigenvalue weighted by molar-refractivity contribution is 5.77. The number of nitrogens with zero attached hydrogens (tertiary/aromatic N) is 4. The second kappa shape index (κ2) is 7.12. The number of carbonyl (C=O) groups is 1. The molecule has 1 aromatic rings. The number of amides is 1. The van der Waals surface area contributed by atoms with E-state index >= 15 is 0 Å². The second-order valence-electron chi connectivity index (χ2n) is 8.08. The van der Waals surface area contributed by atoms with Gasteiger partial charge in [-0.2, -0.15) is 0 Å². The van der Waals surface area contributed by atoms with Crippen molar-refractivity contribution < 1.29 is 14.3 Å². The summed E-state index contributed by atoms with van der Waals surface area (Å²) in [5.74, 6) is 1.40. The normalized spacial score (nSPS) is 25.8. The minimum atomic E-state index is -0.190. The van der Waals surface area contributed by atoms with Gasteiger partial charge < -0.3 is 19.3 Å². The van der Waals surface area contributed by atoms with Crippen molar-refractivity contribution in [2.75, 3.05) is 50.9 Å². The fourth-order valence-electron chi connectivity index (χ4n) is 4.18. The van der Waals surface area contributed by atoms with Crippen molar-refractivity contribution >= 4 is 11.9 Å². The topological polar surface area (TPSA) is 67.8 Å². The zero-order valence-corrected chi connectivity index (χ0v) is 15.7. The molecule has 0 saturated carbocycles. The van der Waals surface area contributed by atoms with Crippen LogP contribution in [0, 0.1) is 5.92 Å². The van der Waals surface area contributed by atoms with Crippen molar-refractivity contribution in [3.05, 3.63) is 17.5 Å². The lowest BCUT2D eigenvalue weighted by Crippen LogP contribution is -2.43. The molecule has 0 N–H and O–H groups in total. The zero-order valence-electron chi connectivity index (χ0n) is 15.7. The number of rotatable bonds is 3. The Kier molecular flexibility index (Phi) is 4.84. The summed E-state index contributed by atoms with van der Waals surface area (Å²) in [5, 5.41) is 0. The summed E-state index contributed by atoms with van der Waals surface area (Å²) in [6.45, 7) is 9.91. The van der Waals surface area contributed by atoms with Gasteiger partial charge in [-0.25, -0.2) is 9.97 Å². The van der Waals surface area contributed by atoms with E-state index in [2.05, 4.69) is 23.7 Å². The van der Waals surface area contributed by atoms with Crippen LogP contribution in [0.1, 0.15) is 37.9 Å². The van der Waals surface area contributed by atoms with Gasteiger partial charge in [-0.3, -0.25) is 4.79 Å². The van der Waals surface area contributed by atoms with Gasteiger partial charge in [0, 0.05) is 44.4 Å². The van der Waals surface area contributed by atoms with Crippen LogP contribution in [0.4, 0.5) is 5.95 Å². The highest BCUT2D eigenvalue weighted by atomic mass is 16.5. The first-order valence-electron chi connectivity index (χ1n) is 9.62. The lowest BCUT2D eigenvalue weighted by atomic mass is 9.80. The molecule has 3 aliphatic rings. The number of ether oxygens (including phenoxy) is 2. The quantitative estimate of drug-likeness (QED) is 0.811. The molecule has 1 amide bonds. The van der Waals surface area contributed by atoms with Crippen LogP contribution in [0.2, 0.25) is 0 Å². The van der Waals surface area contributed by atoms with Crippen LogP contribution < -0.4 is 4.90 Å². The monoisotopic (exact) mass is 360 g/mol. The Labute approximate surface area is 154 Å². The Hall–Kier alpha value is -1.73. The predicted octanol–water partition coefficient (Wildman–Crippen LogP) is 1.36. The number of likely N-dealkylation sites (tertiary alicyclic amines) is 1. The van der Waals surface area contributed by atoms with Gasteiger partial charge in [0.15, 0.2) is 0 Å². The Morgan fingerprint density at radius 3 is 2.85 bits per heavy atom. The first-order chi connectivity index (χ1) is 12.6. The van der Waals surface area contributed by atoms with E-state index in [9.17, 15) is 4.79 Å². The van der Waals surface area contributed by atoms with Gasteiger partial charge in [0.25, 0.3) is 0 Å². The van der Waals surface area contributed by atoms with Gasteiger partial charge in [0.2, 0.25) is 11.9 Å². The molecule has 7 heteroatoms. The molecule has 0 aromatic carbocycles. The van der Waals surface area contributed by atoms with Crippen molar-refractivity contribution in [1.82, 2.24) is 14.9 Å². The maximum Gasteiger partial charge on any atom is 0.225 e. The van der Waals surface area contributed by atoms with Crippen molar-refractivity contribution in [3.63, 3.8) is 0 Å². The molecular formula is C19H28N4O3. The predicted molar refractivity (Wildman–Crippen MR) is 97.1 cm³/mol. The third-order valence-electron chi connectivity index (χ3n) is 5.57. The third-order valence-corrected chi connectivity index (χ3v) is 5.57. The van der Waals surface area contributed by atoms with Crippen LogP contribution in [-0.4, -0.2) is 66.8 Å². The van der Waals surface area contributed by atoms with Crippen molar-refractivity contribution in [2.24, 2.45) is 5.92 Å². The molecule has 3 aliphatic heterocycles. The van der Waals surface area contributed by atoms with Gasteiger partial charge >= 0.3 is 0 Å². The van der Waals surface area contributed by atoms with Gasteiger partial charge in [-0.1, -0.05) is 13.8 Å². The van der Waals surface area contributed by atoms with E-state index in [0.29, 0.717) is 45.3 Å². The van der Waals surface area contributed by atoms with Crippen molar-refractivity contribution in [1.29, 1.82) is 0 Å². The Morgan fingerprint density at radius 1 is 1.27 bits per heavy atom. The Bertz CT molecular complexity index is 675. The van der Waals surface area contributed by atoms with Gasteiger partial charge in [-0.15, -0.1) is 0 Å². The van der Waals surface area contributed by atoms with E-state index in [4.69, 9.17) is 14.5 Å². The number of hydrogen-bond donors (Lipinski definition) is 0. The lowest BCUT2D eigenvalue weighted by molar-refractivity contribution is -0.131. The van der Waals surface area contributed by atoms with E-state index < -0.39 is 0 Å². The molecular weight excluding hydrogens is 332 g/mol. The van der Waals surface area contributed by atoms with Crippen molar-refractivity contribution in [2.45, 2.75) is 38.7 Å². The molecule has 1 aromatic heterocycles. The molecule has 0 unspecified atom stereocenters. The number of aromatic nitrogens is 2. The van der Waals surface area contributed by atoms with Crippen LogP contribution in [0.15, 0.2) is 6.20 Å². The summed E-state index contributed by atoms with van der Waals surface area (Å²) in [5.41, 5.74) is 1.95. The van der Waals surface area contributed by atoms with Crippen LogP contribution in [0.5, 0.6) is 0 Å². The summed E-state index contributed by atoms with van der Waals surface area (Å²) < 4.78 is 11.3. The fourth-order valence-corrected chi connectivity index (χ4v) is 4.18. The molecule has 4 heterocycles. The van der Waals surface area contributed by atoms with Gasteiger partial charge in [-0.05, 0) is 12.3 Å². The average Bonchev–Trinajstić information content (AvgIpc) is 3.07. The molecule has 2 saturated heterocycles. The molecule has 1 atom stereocenters. The Balaban J connectivity index is 1.59. The summed E-state index contributed by atoms with van der Waals surface area (Å²) in [6.07, 6.45) is 3.42. The number of hydrogen-bond acceptors (Lipinski definition) is 6. The van der Waals surface area contributed by atoms with Gasteiger partial charge in [0.05, 0.1) is 37.5 Å². The van der Waals surface area contributed by atoms with E-state index in [1.54, 1.807) is 0 Å². The van der Waals surface area contributed by atoms with Gasteiger partial charge in [0.1, 0.15) is 0 Å². The molecule has 142 valence electrons. The standard InChI is InChI=1S/C19H28N4O3/c1-14(2)9-16(24)23-4-3-19(12-23)13-26-11-15-10-20-18(21-17(15)19)22-5-7-25-8-6-22/h10,14H,3-9,11-13H2,1-2H3/t19-/m0/s1. The lowest BCUT2D eigenvalue weighted by Gasteiger charge is -2.35. The maximum absolute atomic E-state index is 12.5. The van der Waals surface area contributed by atoms with E-state index in [0.717, 1.165) is 43.3 Å². The largest absolute Gasteiger partial charge is 0.378 e. The molecule has 7 nitrogen and oxygen atoms in total. The van der Waals surface area contributed by atoms with Crippen LogP contribution in [0.3, 0.4) is 0 Å². The first kappa shape index (κ1) is 17.7. The maximum atomic E-state index is 12.5. The number of morpholine rings is 1. The molecule has 0 radical (unpaired) electrons. The Morgan fingerprint density at radius 2 is 2.08 bits per heavy atom. The molecule has 0 bridgehead atoms. The SMILES string of the molecule is CC(C)CC(=O)N1CC[C@@]2(COCc3cnc(N4CCOCC4)nc32)C1. The van der Waals surface area contributed by atoms with E-state index in [-0.39, 0.29) is 11.3 Å². The van der Waals surface area contributed by atoms with Crippen LogP contribution in [0.25, 0.3) is 0 Å². The summed E-state index contributed by atoms with van der Waals surface area (Å²) in [7, 11) is 0. The minimum absolute atomic E-state index is 0.190. The van der Waals surface area contributed by atoms with Crippen molar-refractivity contribution in [3.8, 4) is 0 Å². The number of fused-ring (bicyclic) bond motifs is 2. The number of anilines is 1. The van der Waals surface area contributed by atoms with E-state index in [1.165, 1.54) is 0 Å². The smallest absolute Gasteiger partial charge is 0.225 e. The first-order valence-corrected chi connectivity index (χ1v) is 9.62. The van der Waals surface area contributed by atoms with Crippen LogP contribution >= 0.6 is 0 Å². The molecule has 2 fully saturated rings. The fraction of sp³-hybridized carbons (Fsp3) is 0.737. The summed E-state index contributed by atoms with van der Waals surface area (Å²) >= 11 is 0. The van der Waals surface area contributed by atoms with E-state index in [1.807, 2.05) is 11.1 Å². The molecule has 26 heavy (non-hydrogen) atoms. The summed E-state index contributed by atoms with van der Waals surface area (Å²) in [4.78, 5) is 26.2. The summed E-state index contributed by atoms with van der Waals surface area (Å²) in [6, 6.07) is 0. The highest BCUT2D eigenvalue weighted by Crippen LogP contribution is 2.39. The highest BCUT2D eigenvalue weighted by Gasteiger charge is 2.46. The molecule has 4 rings (SSSR count). The molecule has 1 spiro atoms. The van der Waals surface area contributed by atoms with Crippen LogP contribution in [-0.2, 0) is 26.3 Å². The second-order valence-corrected chi connectivity index (χ2v) is 8.08. The minimum Gasteiger partial charge on any atom is -0.378 e. The molecule has 0 aliphatic carbocycles. The zero-order chi connectivity index (χ0) is 18.1. The third kappa shape index (κ3) is 3.30. The average molecular weight is 360 g/mol. The number of carbonyl (C=O) groups excluding carboxylic acids is 1.